The minimum absolute atomic E-state index is 0.00467. The smallest absolute Gasteiger partial charge is 0.243 e. The molecule has 0 unspecified atom stereocenters. The van der Waals surface area contributed by atoms with Crippen LogP contribution in [0.2, 0.25) is 0 Å². The van der Waals surface area contributed by atoms with E-state index in [0.29, 0.717) is 5.52 Å². The Kier molecular flexibility index (Phi) is 4.61. The molecule has 0 spiro atoms. The van der Waals surface area contributed by atoms with Crippen LogP contribution in [0.5, 0.6) is 0 Å². The number of aliphatic hydroxyl groups is 1. The molecular weight excluding hydrogens is 288 g/mol. The van der Waals surface area contributed by atoms with Crippen molar-refractivity contribution in [3.63, 3.8) is 0 Å². The zero-order valence-electron chi connectivity index (χ0n) is 12.4. The summed E-state index contributed by atoms with van der Waals surface area (Å²) in [6, 6.07) is 6.44. The number of hydrogen-bond donors (Lipinski definition) is 2. The van der Waals surface area contributed by atoms with Crippen LogP contribution in [0.15, 0.2) is 35.4 Å². The maximum atomic E-state index is 12.5. The third-order valence-electron chi connectivity index (χ3n) is 3.41. The minimum Gasteiger partial charge on any atom is -0.395 e. The van der Waals surface area contributed by atoms with E-state index in [9.17, 15) is 13.5 Å². The molecule has 0 saturated carbocycles. The number of sulfonamides is 1. The van der Waals surface area contributed by atoms with Gasteiger partial charge in [-0.2, -0.15) is 0 Å². The van der Waals surface area contributed by atoms with Crippen LogP contribution in [-0.2, 0) is 10.0 Å². The quantitative estimate of drug-likeness (QED) is 0.883. The summed E-state index contributed by atoms with van der Waals surface area (Å²) in [7, 11) is -3.73. The van der Waals surface area contributed by atoms with Crippen LogP contribution in [0.4, 0.5) is 0 Å². The van der Waals surface area contributed by atoms with Crippen molar-refractivity contribution in [2.45, 2.75) is 31.7 Å². The molecule has 1 aromatic heterocycles. The highest BCUT2D eigenvalue weighted by atomic mass is 32.2. The van der Waals surface area contributed by atoms with Crippen LogP contribution in [-0.4, -0.2) is 31.2 Å². The molecule has 0 aliphatic carbocycles. The highest BCUT2D eigenvalue weighted by Crippen LogP contribution is 2.22. The zero-order chi connectivity index (χ0) is 15.6. The molecule has 0 aliphatic rings. The number of aliphatic hydroxyl groups excluding tert-OH is 1. The molecule has 1 aromatic carbocycles. The first-order valence-electron chi connectivity index (χ1n) is 6.83. The van der Waals surface area contributed by atoms with Gasteiger partial charge in [-0.1, -0.05) is 26.0 Å². The fourth-order valence-corrected chi connectivity index (χ4v) is 3.66. The number of para-hydroxylation sites is 1. The first-order chi connectivity index (χ1) is 9.85. The minimum atomic E-state index is -3.73. The lowest BCUT2D eigenvalue weighted by Gasteiger charge is -2.20. The van der Waals surface area contributed by atoms with Gasteiger partial charge in [-0.3, -0.25) is 4.98 Å². The van der Waals surface area contributed by atoms with Crippen molar-refractivity contribution in [2.24, 2.45) is 5.92 Å². The zero-order valence-corrected chi connectivity index (χ0v) is 13.2. The molecule has 0 radical (unpaired) electrons. The first-order valence-corrected chi connectivity index (χ1v) is 8.32. The van der Waals surface area contributed by atoms with Crippen LogP contribution < -0.4 is 4.72 Å². The molecular formula is C15H20N2O3S. The van der Waals surface area contributed by atoms with Gasteiger partial charge in [0.2, 0.25) is 10.0 Å². The Morgan fingerprint density at radius 3 is 2.67 bits per heavy atom. The largest absolute Gasteiger partial charge is 0.395 e. The van der Waals surface area contributed by atoms with Gasteiger partial charge in [0.25, 0.3) is 0 Å². The number of hydrogen-bond acceptors (Lipinski definition) is 4. The Bertz CT molecular complexity index is 742. The summed E-state index contributed by atoms with van der Waals surface area (Å²) in [6.45, 7) is 5.38. The predicted octanol–water partition coefficient (Wildman–Crippen LogP) is 1.84. The summed E-state index contributed by atoms with van der Waals surface area (Å²) < 4.78 is 27.6. The standard InChI is InChI=1S/C15H20N2O3S/c1-10(2)13(9-18)17-21(19,20)14-6-4-5-12-7-11(3)8-16-15(12)14/h4-8,10,13,17-18H,9H2,1-3H3/t13-/m1/s1. The summed E-state index contributed by atoms with van der Waals surface area (Å²) in [6.07, 6.45) is 1.65. The molecule has 21 heavy (non-hydrogen) atoms. The Balaban J connectivity index is 2.50. The number of rotatable bonds is 5. The van der Waals surface area contributed by atoms with Crippen LogP contribution in [0.25, 0.3) is 10.9 Å². The van der Waals surface area contributed by atoms with Crippen molar-refractivity contribution in [3.05, 3.63) is 36.0 Å². The number of aryl methyl sites for hydroxylation is 1. The molecule has 1 heterocycles. The van der Waals surface area contributed by atoms with Gasteiger partial charge in [-0.15, -0.1) is 0 Å². The average Bonchev–Trinajstić information content (AvgIpc) is 2.43. The fourth-order valence-electron chi connectivity index (χ4n) is 2.11. The molecule has 2 rings (SSSR count). The molecule has 5 nitrogen and oxygen atoms in total. The third-order valence-corrected chi connectivity index (χ3v) is 4.93. The number of aromatic nitrogens is 1. The van der Waals surface area contributed by atoms with E-state index < -0.39 is 16.1 Å². The summed E-state index contributed by atoms with van der Waals surface area (Å²) in [5.41, 5.74) is 1.41. The maximum Gasteiger partial charge on any atom is 0.243 e. The molecule has 1 atom stereocenters. The van der Waals surface area contributed by atoms with E-state index in [1.807, 2.05) is 32.9 Å². The normalized spacial score (nSPS) is 13.8. The Hall–Kier alpha value is -1.50. The van der Waals surface area contributed by atoms with Gasteiger partial charge in [0.15, 0.2) is 0 Å². The molecule has 0 bridgehead atoms. The topological polar surface area (TPSA) is 79.3 Å². The van der Waals surface area contributed by atoms with Gasteiger partial charge in [0.05, 0.1) is 12.1 Å². The van der Waals surface area contributed by atoms with E-state index in [0.717, 1.165) is 10.9 Å². The number of benzene rings is 1. The van der Waals surface area contributed by atoms with Crippen molar-refractivity contribution in [3.8, 4) is 0 Å². The van der Waals surface area contributed by atoms with Crippen molar-refractivity contribution >= 4 is 20.9 Å². The highest BCUT2D eigenvalue weighted by Gasteiger charge is 2.24. The van der Waals surface area contributed by atoms with Crippen molar-refractivity contribution in [1.29, 1.82) is 0 Å². The Labute approximate surface area is 125 Å². The molecule has 2 N–H and O–H groups in total. The van der Waals surface area contributed by atoms with Gasteiger partial charge >= 0.3 is 0 Å². The molecule has 2 aromatic rings. The SMILES string of the molecule is Cc1cnc2c(S(=O)(=O)N[C@H](CO)C(C)C)cccc2c1. The van der Waals surface area contributed by atoms with Gasteiger partial charge in [-0.05, 0) is 30.5 Å². The van der Waals surface area contributed by atoms with Crippen molar-refractivity contribution < 1.29 is 13.5 Å². The van der Waals surface area contributed by atoms with E-state index in [1.54, 1.807) is 12.3 Å². The molecule has 6 heteroatoms. The lowest BCUT2D eigenvalue weighted by atomic mass is 10.1. The fraction of sp³-hybridized carbons (Fsp3) is 0.400. The summed E-state index contributed by atoms with van der Waals surface area (Å²) in [4.78, 5) is 4.38. The highest BCUT2D eigenvalue weighted by molar-refractivity contribution is 7.89. The number of pyridine rings is 1. The van der Waals surface area contributed by atoms with Gasteiger partial charge in [0.1, 0.15) is 4.90 Å². The van der Waals surface area contributed by atoms with Crippen LogP contribution in [0, 0.1) is 12.8 Å². The van der Waals surface area contributed by atoms with Gasteiger partial charge < -0.3 is 5.11 Å². The second-order valence-corrected chi connectivity index (χ2v) is 7.18. The Morgan fingerprint density at radius 2 is 2.05 bits per heavy atom. The lowest BCUT2D eigenvalue weighted by Crippen LogP contribution is -2.41. The molecule has 0 aliphatic heterocycles. The maximum absolute atomic E-state index is 12.5. The monoisotopic (exact) mass is 308 g/mol. The lowest BCUT2D eigenvalue weighted by molar-refractivity contribution is 0.228. The van der Waals surface area contributed by atoms with E-state index in [1.165, 1.54) is 6.07 Å². The van der Waals surface area contributed by atoms with E-state index >= 15 is 0 Å². The first kappa shape index (κ1) is 15.9. The van der Waals surface area contributed by atoms with Crippen LogP contribution in [0.3, 0.4) is 0 Å². The van der Waals surface area contributed by atoms with Crippen molar-refractivity contribution in [1.82, 2.24) is 9.71 Å². The number of nitrogens with zero attached hydrogens (tertiary/aromatic N) is 1. The second-order valence-electron chi connectivity index (χ2n) is 5.49. The third kappa shape index (κ3) is 3.40. The summed E-state index contributed by atoms with van der Waals surface area (Å²) in [5.74, 6) is -0.00467. The van der Waals surface area contributed by atoms with Crippen molar-refractivity contribution in [2.75, 3.05) is 6.61 Å². The molecule has 0 saturated heterocycles. The molecule has 0 amide bonds. The van der Waals surface area contributed by atoms with Crippen LogP contribution in [0.1, 0.15) is 19.4 Å². The van der Waals surface area contributed by atoms with Gasteiger partial charge in [-0.25, -0.2) is 13.1 Å². The number of fused-ring (bicyclic) bond motifs is 1. The average molecular weight is 308 g/mol. The number of nitrogens with one attached hydrogen (secondary N) is 1. The van der Waals surface area contributed by atoms with Crippen LogP contribution >= 0.6 is 0 Å². The molecule has 0 fully saturated rings. The summed E-state index contributed by atoms with van der Waals surface area (Å²) in [5, 5.41) is 10.1. The predicted molar refractivity (Wildman–Crippen MR) is 82.5 cm³/mol. The summed E-state index contributed by atoms with van der Waals surface area (Å²) >= 11 is 0. The Morgan fingerprint density at radius 1 is 1.33 bits per heavy atom. The van der Waals surface area contributed by atoms with Gasteiger partial charge in [0, 0.05) is 17.6 Å². The second kappa shape index (κ2) is 6.09. The van der Waals surface area contributed by atoms with E-state index in [-0.39, 0.29) is 17.4 Å². The van der Waals surface area contributed by atoms with E-state index in [4.69, 9.17) is 0 Å². The molecule has 114 valence electrons. The van der Waals surface area contributed by atoms with E-state index in [2.05, 4.69) is 9.71 Å².